The van der Waals surface area contributed by atoms with Crippen LogP contribution in [0, 0.1) is 6.92 Å². The van der Waals surface area contributed by atoms with Crippen LogP contribution in [0.25, 0.3) is 0 Å². The van der Waals surface area contributed by atoms with Crippen molar-refractivity contribution in [1.29, 1.82) is 0 Å². The summed E-state index contributed by atoms with van der Waals surface area (Å²) in [5.74, 6) is -0.220. The third-order valence-corrected chi connectivity index (χ3v) is 6.61. The van der Waals surface area contributed by atoms with Gasteiger partial charge >= 0.3 is 0 Å². The number of rotatable bonds is 5. The number of aryl methyl sites for hydroxylation is 1. The van der Waals surface area contributed by atoms with Crippen molar-refractivity contribution >= 4 is 33.2 Å². The lowest BCUT2D eigenvalue weighted by molar-refractivity contribution is 0.0729. The maximum atomic E-state index is 13.0. The Morgan fingerprint density at radius 2 is 1.89 bits per heavy atom. The SMILES string of the molecule is COc1ccc(NC(=O)c2ccc(C)cc2Cl)cc1S(=O)(=O)N1CCOCC1. The minimum atomic E-state index is -3.79. The number of benzene rings is 2. The molecule has 28 heavy (non-hydrogen) atoms. The number of morpholine rings is 1. The lowest BCUT2D eigenvalue weighted by atomic mass is 10.1. The number of amides is 1. The van der Waals surface area contributed by atoms with Crippen molar-refractivity contribution in [3.8, 4) is 5.75 Å². The number of anilines is 1. The molecule has 1 aliphatic rings. The summed E-state index contributed by atoms with van der Waals surface area (Å²) in [6.07, 6.45) is 0. The topological polar surface area (TPSA) is 84.9 Å². The van der Waals surface area contributed by atoms with Gasteiger partial charge in [0.15, 0.2) is 0 Å². The number of sulfonamides is 1. The van der Waals surface area contributed by atoms with Crippen LogP contribution >= 0.6 is 11.6 Å². The van der Waals surface area contributed by atoms with Crippen LogP contribution in [0.4, 0.5) is 5.69 Å². The average molecular weight is 425 g/mol. The summed E-state index contributed by atoms with van der Waals surface area (Å²) in [6.45, 7) is 3.08. The van der Waals surface area contributed by atoms with E-state index in [9.17, 15) is 13.2 Å². The summed E-state index contributed by atoms with van der Waals surface area (Å²) in [4.78, 5) is 12.6. The van der Waals surface area contributed by atoms with Crippen molar-refractivity contribution in [2.75, 3.05) is 38.7 Å². The zero-order chi connectivity index (χ0) is 20.3. The lowest BCUT2D eigenvalue weighted by Gasteiger charge is -2.26. The number of hydrogen-bond acceptors (Lipinski definition) is 5. The monoisotopic (exact) mass is 424 g/mol. The molecule has 1 aliphatic heterocycles. The first-order chi connectivity index (χ1) is 13.3. The molecule has 2 aromatic rings. The highest BCUT2D eigenvalue weighted by atomic mass is 35.5. The van der Waals surface area contributed by atoms with Gasteiger partial charge in [0.2, 0.25) is 10.0 Å². The Bertz CT molecular complexity index is 988. The summed E-state index contributed by atoms with van der Waals surface area (Å²) in [5.41, 5.74) is 1.57. The second kappa shape index (κ2) is 8.48. The molecule has 9 heteroatoms. The molecule has 2 aromatic carbocycles. The Labute approximate surface area is 169 Å². The largest absolute Gasteiger partial charge is 0.495 e. The van der Waals surface area contributed by atoms with Crippen molar-refractivity contribution in [3.63, 3.8) is 0 Å². The Balaban J connectivity index is 1.91. The molecule has 0 saturated carbocycles. The lowest BCUT2D eigenvalue weighted by Crippen LogP contribution is -2.40. The van der Waals surface area contributed by atoms with Crippen molar-refractivity contribution in [2.24, 2.45) is 0 Å². The molecule has 1 saturated heterocycles. The third kappa shape index (κ3) is 4.30. The normalized spacial score (nSPS) is 15.2. The van der Waals surface area contributed by atoms with E-state index in [0.717, 1.165) is 5.56 Å². The van der Waals surface area contributed by atoms with Crippen LogP contribution in [0.1, 0.15) is 15.9 Å². The predicted molar refractivity (Wildman–Crippen MR) is 107 cm³/mol. The van der Waals surface area contributed by atoms with Gasteiger partial charge in [-0.15, -0.1) is 0 Å². The fourth-order valence-corrected chi connectivity index (χ4v) is 4.80. The van der Waals surface area contributed by atoms with Crippen molar-refractivity contribution in [2.45, 2.75) is 11.8 Å². The van der Waals surface area contributed by atoms with Gasteiger partial charge in [-0.25, -0.2) is 8.42 Å². The molecule has 1 fully saturated rings. The number of halogens is 1. The van der Waals surface area contributed by atoms with Gasteiger partial charge in [-0.3, -0.25) is 4.79 Å². The summed E-state index contributed by atoms with van der Waals surface area (Å²) in [5, 5.41) is 3.02. The van der Waals surface area contributed by atoms with E-state index >= 15 is 0 Å². The molecule has 0 radical (unpaired) electrons. The van der Waals surface area contributed by atoms with E-state index in [1.807, 2.05) is 6.92 Å². The van der Waals surface area contributed by atoms with E-state index in [4.69, 9.17) is 21.1 Å². The number of nitrogens with one attached hydrogen (secondary N) is 1. The maximum absolute atomic E-state index is 13.0. The molecule has 0 aromatic heterocycles. The molecule has 3 rings (SSSR count). The van der Waals surface area contributed by atoms with Gasteiger partial charge in [-0.2, -0.15) is 4.31 Å². The highest BCUT2D eigenvalue weighted by Crippen LogP contribution is 2.30. The van der Waals surface area contributed by atoms with Gasteiger partial charge < -0.3 is 14.8 Å². The van der Waals surface area contributed by atoms with E-state index < -0.39 is 15.9 Å². The Morgan fingerprint density at radius 1 is 1.18 bits per heavy atom. The van der Waals surface area contributed by atoms with Crippen LogP contribution in [0.2, 0.25) is 5.02 Å². The van der Waals surface area contributed by atoms with Gasteiger partial charge in [0, 0.05) is 18.8 Å². The smallest absolute Gasteiger partial charge is 0.257 e. The highest BCUT2D eigenvalue weighted by Gasteiger charge is 2.29. The van der Waals surface area contributed by atoms with Gasteiger partial charge in [0.05, 0.1) is 30.9 Å². The number of ether oxygens (including phenoxy) is 2. The Kier molecular flexibility index (Phi) is 6.24. The molecule has 0 spiro atoms. The number of nitrogens with zero attached hydrogens (tertiary/aromatic N) is 1. The third-order valence-electron chi connectivity index (χ3n) is 4.38. The van der Waals surface area contributed by atoms with Crippen LogP contribution < -0.4 is 10.1 Å². The number of carbonyl (C=O) groups is 1. The molecule has 150 valence electrons. The van der Waals surface area contributed by atoms with Crippen LogP contribution in [-0.2, 0) is 14.8 Å². The van der Waals surface area contributed by atoms with E-state index in [-0.39, 0.29) is 23.7 Å². The number of hydrogen-bond donors (Lipinski definition) is 1. The first-order valence-corrected chi connectivity index (χ1v) is 10.5. The summed E-state index contributed by atoms with van der Waals surface area (Å²) >= 11 is 6.15. The Hall–Kier alpha value is -2.13. The molecule has 7 nitrogen and oxygen atoms in total. The minimum absolute atomic E-state index is 0.00953. The molecular weight excluding hydrogens is 404 g/mol. The fraction of sp³-hybridized carbons (Fsp3) is 0.316. The van der Waals surface area contributed by atoms with E-state index in [2.05, 4.69) is 5.32 Å². The standard InChI is InChI=1S/C19H21ClN2O5S/c1-13-3-5-15(16(20)11-13)19(23)21-14-4-6-17(26-2)18(12-14)28(24,25)22-7-9-27-10-8-22/h3-6,11-12H,7-10H2,1-2H3,(H,21,23). The maximum Gasteiger partial charge on any atom is 0.257 e. The van der Waals surface area contributed by atoms with Crippen LogP contribution in [-0.4, -0.2) is 52.0 Å². The molecular formula is C19H21ClN2O5S. The van der Waals surface area contributed by atoms with E-state index in [1.165, 1.54) is 23.5 Å². The molecule has 1 N–H and O–H groups in total. The van der Waals surface area contributed by atoms with Crippen LogP contribution in [0.15, 0.2) is 41.3 Å². The zero-order valence-corrected chi connectivity index (χ0v) is 17.1. The first kappa shape index (κ1) is 20.6. The molecule has 0 atom stereocenters. The summed E-state index contributed by atoms with van der Waals surface area (Å²) < 4.78 is 37.8. The second-order valence-corrected chi connectivity index (χ2v) is 8.63. The number of methoxy groups -OCH3 is 1. The molecule has 1 heterocycles. The van der Waals surface area contributed by atoms with Gasteiger partial charge in [-0.05, 0) is 42.8 Å². The summed E-state index contributed by atoms with van der Waals surface area (Å²) in [7, 11) is -2.39. The van der Waals surface area contributed by atoms with Crippen molar-refractivity contribution in [1.82, 2.24) is 4.31 Å². The van der Waals surface area contributed by atoms with Crippen LogP contribution in [0.5, 0.6) is 5.75 Å². The first-order valence-electron chi connectivity index (χ1n) is 8.66. The summed E-state index contributed by atoms with van der Waals surface area (Å²) in [6, 6.07) is 9.59. The molecule has 0 aliphatic carbocycles. The van der Waals surface area contributed by atoms with E-state index in [0.29, 0.717) is 29.5 Å². The quantitative estimate of drug-likeness (QED) is 0.797. The van der Waals surface area contributed by atoms with Crippen molar-refractivity contribution in [3.05, 3.63) is 52.5 Å². The average Bonchev–Trinajstić information content (AvgIpc) is 2.68. The van der Waals surface area contributed by atoms with Crippen molar-refractivity contribution < 1.29 is 22.7 Å². The van der Waals surface area contributed by atoms with Gasteiger partial charge in [0.1, 0.15) is 10.6 Å². The van der Waals surface area contributed by atoms with E-state index in [1.54, 1.807) is 24.3 Å². The van der Waals surface area contributed by atoms with Crippen LogP contribution in [0.3, 0.4) is 0 Å². The molecule has 1 amide bonds. The van der Waals surface area contributed by atoms with Gasteiger partial charge in [-0.1, -0.05) is 17.7 Å². The number of carbonyl (C=O) groups excluding carboxylic acids is 1. The predicted octanol–water partition coefficient (Wildman–Crippen LogP) is 2.93. The minimum Gasteiger partial charge on any atom is -0.495 e. The molecule has 0 bridgehead atoms. The Morgan fingerprint density at radius 3 is 2.54 bits per heavy atom. The fourth-order valence-electron chi connectivity index (χ4n) is 2.88. The second-order valence-electron chi connectivity index (χ2n) is 6.32. The van der Waals surface area contributed by atoms with Gasteiger partial charge in [0.25, 0.3) is 5.91 Å². The highest BCUT2D eigenvalue weighted by molar-refractivity contribution is 7.89. The zero-order valence-electron chi connectivity index (χ0n) is 15.6. The molecule has 0 unspecified atom stereocenters.